The Kier molecular flexibility index (Phi) is 3.15. The van der Waals surface area contributed by atoms with Crippen LogP contribution in [0.2, 0.25) is 0 Å². The second-order valence-corrected chi connectivity index (χ2v) is 6.23. The van der Waals surface area contributed by atoms with Crippen molar-refractivity contribution in [3.8, 4) is 11.3 Å². The lowest BCUT2D eigenvalue weighted by molar-refractivity contribution is 1.08. The van der Waals surface area contributed by atoms with Gasteiger partial charge in [0.2, 0.25) is 0 Å². The molecule has 0 spiro atoms. The Balaban J connectivity index is 2.19. The number of halogens is 2. The van der Waals surface area contributed by atoms with Crippen LogP contribution in [0.1, 0.15) is 5.69 Å². The topological polar surface area (TPSA) is 17.3 Å². The van der Waals surface area contributed by atoms with Crippen molar-refractivity contribution in [2.24, 2.45) is 0 Å². The Morgan fingerprint density at radius 3 is 2.56 bits per heavy atom. The lowest BCUT2D eigenvalue weighted by Crippen LogP contribution is -1.89. The van der Waals surface area contributed by atoms with Gasteiger partial charge in [0.25, 0.3) is 0 Å². The average Bonchev–Trinajstić information content (AvgIpc) is 2.80. The fourth-order valence-electron chi connectivity index (χ4n) is 1.92. The third-order valence-corrected chi connectivity index (χ3v) is 4.52. The van der Waals surface area contributed by atoms with Crippen LogP contribution < -0.4 is 0 Å². The van der Waals surface area contributed by atoms with E-state index in [1.165, 1.54) is 3.57 Å². The first kappa shape index (κ1) is 12.2. The smallest absolute Gasteiger partial charge is 0.137 e. The maximum atomic E-state index is 4.65. The Bertz CT molecular complexity index is 716. The maximum absolute atomic E-state index is 4.65. The number of imidazole rings is 1. The van der Waals surface area contributed by atoms with E-state index in [2.05, 4.69) is 85.3 Å². The van der Waals surface area contributed by atoms with Crippen LogP contribution in [0.15, 0.2) is 47.1 Å². The minimum absolute atomic E-state index is 0.976. The second-order valence-electron chi connectivity index (χ2n) is 4.13. The molecule has 0 saturated carbocycles. The molecular formula is C14H10BrIN2. The predicted octanol–water partition coefficient (Wildman–Crippen LogP) is 4.68. The summed E-state index contributed by atoms with van der Waals surface area (Å²) in [5.74, 6) is 0. The van der Waals surface area contributed by atoms with Crippen LogP contribution in [-0.4, -0.2) is 9.38 Å². The number of aryl methyl sites for hydroxylation is 1. The first-order valence-electron chi connectivity index (χ1n) is 5.55. The van der Waals surface area contributed by atoms with Crippen LogP contribution in [0.4, 0.5) is 0 Å². The van der Waals surface area contributed by atoms with E-state index >= 15 is 0 Å². The Labute approximate surface area is 127 Å². The van der Waals surface area contributed by atoms with Crippen molar-refractivity contribution in [2.45, 2.75) is 6.92 Å². The molecule has 0 fully saturated rings. The molecule has 0 bridgehead atoms. The first-order valence-corrected chi connectivity index (χ1v) is 7.42. The zero-order valence-corrected chi connectivity index (χ0v) is 13.4. The van der Waals surface area contributed by atoms with Crippen molar-refractivity contribution in [1.29, 1.82) is 0 Å². The second kappa shape index (κ2) is 4.66. The van der Waals surface area contributed by atoms with Gasteiger partial charge in [0.05, 0.1) is 5.69 Å². The molecule has 0 radical (unpaired) electrons. The normalized spacial score (nSPS) is 11.1. The van der Waals surface area contributed by atoms with Gasteiger partial charge in [0.15, 0.2) is 0 Å². The van der Waals surface area contributed by atoms with E-state index < -0.39 is 0 Å². The number of hydrogen-bond donors (Lipinski definition) is 0. The molecule has 90 valence electrons. The molecule has 2 heterocycles. The number of fused-ring (bicyclic) bond motifs is 1. The van der Waals surface area contributed by atoms with Gasteiger partial charge in [-0.05, 0) is 69.7 Å². The quantitative estimate of drug-likeness (QED) is 0.530. The fourth-order valence-corrected chi connectivity index (χ4v) is 2.61. The van der Waals surface area contributed by atoms with Crippen LogP contribution in [0, 0.1) is 10.5 Å². The molecule has 0 atom stereocenters. The van der Waals surface area contributed by atoms with Gasteiger partial charge < -0.3 is 4.40 Å². The van der Waals surface area contributed by atoms with Gasteiger partial charge in [0.1, 0.15) is 5.65 Å². The van der Waals surface area contributed by atoms with Crippen molar-refractivity contribution < 1.29 is 0 Å². The van der Waals surface area contributed by atoms with E-state index in [0.717, 1.165) is 27.1 Å². The number of rotatable bonds is 1. The summed E-state index contributed by atoms with van der Waals surface area (Å²) in [7, 11) is 0. The molecular weight excluding hydrogens is 403 g/mol. The number of hydrogen-bond acceptors (Lipinski definition) is 1. The molecule has 3 rings (SSSR count). The van der Waals surface area contributed by atoms with Gasteiger partial charge in [-0.25, -0.2) is 4.98 Å². The molecule has 18 heavy (non-hydrogen) atoms. The Morgan fingerprint density at radius 2 is 1.83 bits per heavy atom. The van der Waals surface area contributed by atoms with Gasteiger partial charge in [-0.2, -0.15) is 0 Å². The molecule has 0 aliphatic carbocycles. The summed E-state index contributed by atoms with van der Waals surface area (Å²) >= 11 is 5.85. The van der Waals surface area contributed by atoms with Crippen LogP contribution in [0.3, 0.4) is 0 Å². The van der Waals surface area contributed by atoms with Gasteiger partial charge >= 0.3 is 0 Å². The zero-order valence-electron chi connectivity index (χ0n) is 9.69. The van der Waals surface area contributed by atoms with E-state index in [0.29, 0.717) is 0 Å². The van der Waals surface area contributed by atoms with Gasteiger partial charge in [-0.15, -0.1) is 0 Å². The lowest BCUT2D eigenvalue weighted by Gasteiger charge is -2.00. The minimum Gasteiger partial charge on any atom is -0.303 e. The Morgan fingerprint density at radius 1 is 1.11 bits per heavy atom. The molecule has 0 N–H and O–H groups in total. The standard InChI is InChI=1S/C14H10BrIN2/c1-9-12(15)6-7-14-17-13(8-18(9)14)10-2-4-11(16)5-3-10/h2-8H,1H3. The Hall–Kier alpha value is -0.880. The largest absolute Gasteiger partial charge is 0.303 e. The van der Waals surface area contributed by atoms with E-state index in [1.807, 2.05) is 12.1 Å². The number of aromatic nitrogens is 2. The van der Waals surface area contributed by atoms with E-state index in [1.54, 1.807) is 0 Å². The average molecular weight is 413 g/mol. The summed E-state index contributed by atoms with van der Waals surface area (Å²) in [6, 6.07) is 12.5. The zero-order chi connectivity index (χ0) is 12.7. The summed E-state index contributed by atoms with van der Waals surface area (Å²) in [6.07, 6.45) is 2.08. The van der Waals surface area contributed by atoms with Crippen molar-refractivity contribution >= 4 is 44.2 Å². The molecule has 2 nitrogen and oxygen atoms in total. The third kappa shape index (κ3) is 2.07. The molecule has 0 amide bonds. The van der Waals surface area contributed by atoms with Gasteiger partial charge in [0, 0.05) is 25.5 Å². The van der Waals surface area contributed by atoms with Crippen LogP contribution >= 0.6 is 38.5 Å². The summed E-state index contributed by atoms with van der Waals surface area (Å²) < 4.78 is 4.44. The van der Waals surface area contributed by atoms with Gasteiger partial charge in [-0.3, -0.25) is 0 Å². The molecule has 0 aliphatic heterocycles. The highest BCUT2D eigenvalue weighted by Crippen LogP contribution is 2.23. The van der Waals surface area contributed by atoms with E-state index in [-0.39, 0.29) is 0 Å². The van der Waals surface area contributed by atoms with Crippen molar-refractivity contribution in [3.05, 3.63) is 56.3 Å². The monoisotopic (exact) mass is 412 g/mol. The molecule has 3 aromatic rings. The highest BCUT2D eigenvalue weighted by molar-refractivity contribution is 14.1. The molecule has 0 saturated heterocycles. The number of pyridine rings is 1. The van der Waals surface area contributed by atoms with Crippen molar-refractivity contribution in [3.63, 3.8) is 0 Å². The maximum Gasteiger partial charge on any atom is 0.137 e. The number of nitrogens with zero attached hydrogens (tertiary/aromatic N) is 2. The molecule has 0 unspecified atom stereocenters. The van der Waals surface area contributed by atoms with Crippen LogP contribution in [-0.2, 0) is 0 Å². The molecule has 2 aromatic heterocycles. The van der Waals surface area contributed by atoms with Gasteiger partial charge in [-0.1, -0.05) is 12.1 Å². The highest BCUT2D eigenvalue weighted by atomic mass is 127. The van der Waals surface area contributed by atoms with E-state index in [9.17, 15) is 0 Å². The van der Waals surface area contributed by atoms with Crippen molar-refractivity contribution in [2.75, 3.05) is 0 Å². The third-order valence-electron chi connectivity index (χ3n) is 2.96. The highest BCUT2D eigenvalue weighted by Gasteiger charge is 2.07. The van der Waals surface area contributed by atoms with E-state index in [4.69, 9.17) is 0 Å². The first-order chi connectivity index (χ1) is 8.65. The molecule has 4 heteroatoms. The molecule has 1 aromatic carbocycles. The summed E-state index contributed by atoms with van der Waals surface area (Å²) in [5, 5.41) is 0. The van der Waals surface area contributed by atoms with Crippen molar-refractivity contribution in [1.82, 2.24) is 9.38 Å². The van der Waals surface area contributed by atoms with Crippen LogP contribution in [0.5, 0.6) is 0 Å². The minimum atomic E-state index is 0.976. The molecule has 0 aliphatic rings. The number of benzene rings is 1. The summed E-state index contributed by atoms with van der Waals surface area (Å²) in [6.45, 7) is 2.08. The fraction of sp³-hybridized carbons (Fsp3) is 0.0714. The predicted molar refractivity (Wildman–Crippen MR) is 85.8 cm³/mol. The van der Waals surface area contributed by atoms with Crippen LogP contribution in [0.25, 0.3) is 16.9 Å². The lowest BCUT2D eigenvalue weighted by atomic mass is 10.2. The SMILES string of the molecule is Cc1c(Br)ccc2nc(-c3ccc(I)cc3)cn12. The summed E-state index contributed by atoms with van der Waals surface area (Å²) in [5.41, 5.74) is 4.29. The summed E-state index contributed by atoms with van der Waals surface area (Å²) in [4.78, 5) is 4.65.